The fraction of sp³-hybridized carbons (Fsp3) is 0.167. The Morgan fingerprint density at radius 1 is 1.27 bits per heavy atom. The molecule has 0 aliphatic rings. The number of aromatic nitrogens is 4. The van der Waals surface area contributed by atoms with E-state index in [1.165, 1.54) is 24.3 Å². The maximum absolute atomic E-state index is 14.0. The summed E-state index contributed by atoms with van der Waals surface area (Å²) in [4.78, 5) is 28.4. The number of benzene rings is 1. The molecule has 0 saturated carbocycles. The zero-order valence-corrected chi connectivity index (χ0v) is 16.6. The van der Waals surface area contributed by atoms with Crippen molar-refractivity contribution in [3.63, 3.8) is 0 Å². The van der Waals surface area contributed by atoms with Crippen molar-refractivity contribution in [2.24, 2.45) is 0 Å². The van der Waals surface area contributed by atoms with Crippen molar-refractivity contribution in [1.82, 2.24) is 19.7 Å². The zero-order valence-electron chi connectivity index (χ0n) is 15.1. The molecule has 2 heterocycles. The Morgan fingerprint density at radius 2 is 2.00 bits per heavy atom. The smallest absolute Gasteiger partial charge is 0.297 e. The first-order valence-electron chi connectivity index (χ1n) is 8.19. The Balaban J connectivity index is 2.12. The first kappa shape index (κ1) is 21.4. The van der Waals surface area contributed by atoms with E-state index in [1.54, 1.807) is 0 Å². The quantitative estimate of drug-likeness (QED) is 0.632. The normalized spacial score (nSPS) is 11.2. The minimum atomic E-state index is -3.51. The highest BCUT2D eigenvalue weighted by Crippen LogP contribution is 2.33. The van der Waals surface area contributed by atoms with E-state index in [0.717, 1.165) is 10.9 Å². The van der Waals surface area contributed by atoms with E-state index in [4.69, 9.17) is 33.2 Å². The first-order chi connectivity index (χ1) is 14.1. The van der Waals surface area contributed by atoms with E-state index < -0.39 is 28.5 Å². The number of rotatable bonds is 5. The number of alkyl halides is 2. The predicted octanol–water partition coefficient (Wildman–Crippen LogP) is 3.46. The highest BCUT2D eigenvalue weighted by Gasteiger charge is 2.33. The van der Waals surface area contributed by atoms with Gasteiger partial charge < -0.3 is 4.74 Å². The fourth-order valence-electron chi connectivity index (χ4n) is 2.51. The van der Waals surface area contributed by atoms with Crippen LogP contribution in [0.25, 0.3) is 0 Å². The van der Waals surface area contributed by atoms with Gasteiger partial charge in [-0.1, -0.05) is 23.2 Å². The van der Waals surface area contributed by atoms with Crippen LogP contribution in [0.1, 0.15) is 23.7 Å². The molecule has 0 spiro atoms. The molecule has 0 saturated heterocycles. The monoisotopic (exact) mass is 453 g/mol. The maximum Gasteiger partial charge on any atom is 0.297 e. The van der Waals surface area contributed by atoms with Crippen LogP contribution in [0, 0.1) is 11.3 Å². The minimum Gasteiger partial charge on any atom is -0.449 e. The van der Waals surface area contributed by atoms with Crippen molar-refractivity contribution in [2.45, 2.75) is 19.4 Å². The minimum absolute atomic E-state index is 0.0262. The average Bonchev–Trinajstić information content (AvgIpc) is 2.66. The van der Waals surface area contributed by atoms with Gasteiger partial charge in [0.1, 0.15) is 10.9 Å². The number of halogens is 4. The third kappa shape index (κ3) is 4.64. The number of hydrogen-bond donors (Lipinski definition) is 1. The molecule has 3 aromatic rings. The number of H-pyrrole nitrogens is 1. The summed E-state index contributed by atoms with van der Waals surface area (Å²) in [6, 6.07) is 6.89. The molecule has 0 unspecified atom stereocenters. The van der Waals surface area contributed by atoms with Crippen LogP contribution >= 0.6 is 23.2 Å². The Hall–Kier alpha value is -3.29. The molecule has 8 nitrogen and oxygen atoms in total. The van der Waals surface area contributed by atoms with Crippen molar-refractivity contribution in [1.29, 1.82) is 5.26 Å². The number of ether oxygens (including phenoxy) is 1. The summed E-state index contributed by atoms with van der Waals surface area (Å²) in [7, 11) is 0. The molecule has 0 amide bonds. The standard InChI is InChI=1S/C18H11Cl2F2N5O3/c1-18(21,22)15-14(30-12-3-9(6-23)2-11(19)5-12)17(29)27(8-24-15)7-10-4-13(20)25-26-16(10)28/h2-5,8H,7H2,1H3,(H,26,28). The molecule has 1 N–H and O–H groups in total. The summed E-state index contributed by atoms with van der Waals surface area (Å²) in [5.41, 5.74) is -2.36. The molecule has 0 fully saturated rings. The van der Waals surface area contributed by atoms with Crippen LogP contribution in [0.5, 0.6) is 11.5 Å². The molecule has 3 rings (SSSR count). The van der Waals surface area contributed by atoms with Crippen LogP contribution < -0.4 is 15.9 Å². The van der Waals surface area contributed by atoms with Crippen molar-refractivity contribution < 1.29 is 13.5 Å². The number of nitrogens with one attached hydrogen (secondary N) is 1. The van der Waals surface area contributed by atoms with Gasteiger partial charge in [-0.05, 0) is 24.3 Å². The van der Waals surface area contributed by atoms with Crippen molar-refractivity contribution >= 4 is 23.2 Å². The second-order valence-electron chi connectivity index (χ2n) is 6.18. The SMILES string of the molecule is CC(F)(F)c1ncn(Cc2cc(Cl)n[nH]c2=O)c(=O)c1Oc1cc(Cl)cc(C#N)c1. The number of hydrogen-bond acceptors (Lipinski definition) is 6. The second kappa shape index (κ2) is 8.22. The highest BCUT2D eigenvalue weighted by atomic mass is 35.5. The van der Waals surface area contributed by atoms with Crippen molar-refractivity contribution in [3.8, 4) is 17.6 Å². The van der Waals surface area contributed by atoms with Crippen molar-refractivity contribution in [3.05, 3.63) is 78.3 Å². The second-order valence-corrected chi connectivity index (χ2v) is 7.00. The van der Waals surface area contributed by atoms with Gasteiger partial charge in [0.05, 0.1) is 24.5 Å². The van der Waals surface area contributed by atoms with Crippen LogP contribution in [0.3, 0.4) is 0 Å². The highest BCUT2D eigenvalue weighted by molar-refractivity contribution is 6.30. The van der Waals surface area contributed by atoms with Gasteiger partial charge in [-0.3, -0.25) is 14.2 Å². The molecule has 30 heavy (non-hydrogen) atoms. The lowest BCUT2D eigenvalue weighted by atomic mass is 10.2. The van der Waals surface area contributed by atoms with Gasteiger partial charge in [-0.15, -0.1) is 0 Å². The van der Waals surface area contributed by atoms with E-state index in [-0.39, 0.29) is 33.6 Å². The third-order valence-corrected chi connectivity index (χ3v) is 4.23. The number of aromatic amines is 1. The largest absolute Gasteiger partial charge is 0.449 e. The molecule has 0 atom stereocenters. The Kier molecular flexibility index (Phi) is 5.87. The summed E-state index contributed by atoms with van der Waals surface area (Å²) >= 11 is 11.6. The van der Waals surface area contributed by atoms with E-state index in [0.29, 0.717) is 6.92 Å². The Morgan fingerprint density at radius 3 is 2.67 bits per heavy atom. The molecule has 1 aromatic carbocycles. The van der Waals surface area contributed by atoms with Gasteiger partial charge >= 0.3 is 0 Å². The van der Waals surface area contributed by atoms with E-state index in [9.17, 15) is 18.4 Å². The molecular formula is C18H11Cl2F2N5O3. The molecular weight excluding hydrogens is 443 g/mol. The number of nitriles is 1. The molecule has 154 valence electrons. The summed E-state index contributed by atoms with van der Waals surface area (Å²) in [5.74, 6) is -4.39. The Bertz CT molecular complexity index is 1280. The van der Waals surface area contributed by atoms with Crippen LogP contribution in [0.2, 0.25) is 10.2 Å². The fourth-order valence-corrected chi connectivity index (χ4v) is 2.91. The Labute approximate surface area is 177 Å². The number of nitrogens with zero attached hydrogens (tertiary/aromatic N) is 4. The molecule has 0 radical (unpaired) electrons. The van der Waals surface area contributed by atoms with Crippen LogP contribution in [0.15, 0.2) is 40.2 Å². The molecule has 0 aliphatic heterocycles. The zero-order chi connectivity index (χ0) is 22.1. The van der Waals surface area contributed by atoms with Gasteiger partial charge in [0.15, 0.2) is 5.69 Å². The molecule has 2 aromatic heterocycles. The van der Waals surface area contributed by atoms with Crippen molar-refractivity contribution in [2.75, 3.05) is 0 Å². The maximum atomic E-state index is 14.0. The first-order valence-corrected chi connectivity index (χ1v) is 8.94. The average molecular weight is 454 g/mol. The summed E-state index contributed by atoms with van der Waals surface area (Å²) in [5, 5.41) is 14.8. The van der Waals surface area contributed by atoms with Crippen LogP contribution in [-0.2, 0) is 12.5 Å². The van der Waals surface area contributed by atoms with Gasteiger partial charge in [-0.2, -0.15) is 19.1 Å². The summed E-state index contributed by atoms with van der Waals surface area (Å²) in [6.07, 6.45) is 0.869. The van der Waals surface area contributed by atoms with Gasteiger partial charge in [-0.25, -0.2) is 10.1 Å². The van der Waals surface area contributed by atoms with Gasteiger partial charge in [0.2, 0.25) is 5.75 Å². The molecule has 12 heteroatoms. The van der Waals surface area contributed by atoms with E-state index in [2.05, 4.69) is 15.2 Å². The van der Waals surface area contributed by atoms with E-state index >= 15 is 0 Å². The summed E-state index contributed by atoms with van der Waals surface area (Å²) in [6.45, 7) is 0.228. The summed E-state index contributed by atoms with van der Waals surface area (Å²) < 4.78 is 34.4. The lowest BCUT2D eigenvalue weighted by Crippen LogP contribution is -2.29. The molecule has 0 aliphatic carbocycles. The molecule has 0 bridgehead atoms. The topological polar surface area (TPSA) is 114 Å². The lowest BCUT2D eigenvalue weighted by Gasteiger charge is -2.16. The van der Waals surface area contributed by atoms with Crippen LogP contribution in [0.4, 0.5) is 8.78 Å². The van der Waals surface area contributed by atoms with E-state index in [1.807, 2.05) is 6.07 Å². The van der Waals surface area contributed by atoms with Crippen LogP contribution in [-0.4, -0.2) is 19.7 Å². The van der Waals surface area contributed by atoms with Gasteiger partial charge in [0, 0.05) is 17.5 Å². The predicted molar refractivity (Wildman–Crippen MR) is 103 cm³/mol. The lowest BCUT2D eigenvalue weighted by molar-refractivity contribution is 0.0101. The van der Waals surface area contributed by atoms with Gasteiger partial charge in [0.25, 0.3) is 17.0 Å². The third-order valence-electron chi connectivity index (χ3n) is 3.82.